The summed E-state index contributed by atoms with van der Waals surface area (Å²) in [6.45, 7) is 8.83. The molecule has 3 nitrogen and oxygen atoms in total. The highest BCUT2D eigenvalue weighted by atomic mass is 16.3. The Morgan fingerprint density at radius 2 is 2.14 bits per heavy atom. The Hall–Kier alpha value is -0.570. The first-order chi connectivity index (χ1) is 6.32. The minimum absolute atomic E-state index is 0.0516. The lowest BCUT2D eigenvalue weighted by Gasteiger charge is -2.41. The summed E-state index contributed by atoms with van der Waals surface area (Å²) < 4.78 is 0. The molecule has 0 saturated carbocycles. The Bertz CT molecular complexity index is 223. The van der Waals surface area contributed by atoms with Gasteiger partial charge in [-0.15, -0.1) is 0 Å². The topological polar surface area (TPSA) is 40.5 Å². The van der Waals surface area contributed by atoms with Crippen molar-refractivity contribution in [3.05, 3.63) is 0 Å². The zero-order valence-electron chi connectivity index (χ0n) is 9.58. The number of rotatable bonds is 2. The van der Waals surface area contributed by atoms with Crippen LogP contribution in [-0.2, 0) is 4.79 Å². The Morgan fingerprint density at radius 3 is 2.57 bits per heavy atom. The molecule has 1 heterocycles. The van der Waals surface area contributed by atoms with E-state index in [0.717, 1.165) is 0 Å². The van der Waals surface area contributed by atoms with Gasteiger partial charge in [0.05, 0.1) is 0 Å². The van der Waals surface area contributed by atoms with Crippen molar-refractivity contribution in [2.45, 2.75) is 46.8 Å². The Balaban J connectivity index is 2.66. The minimum Gasteiger partial charge on any atom is -0.374 e. The summed E-state index contributed by atoms with van der Waals surface area (Å²) in [5.74, 6) is 0.497. The Morgan fingerprint density at radius 1 is 1.57 bits per heavy atom. The van der Waals surface area contributed by atoms with Gasteiger partial charge >= 0.3 is 0 Å². The number of hydrogen-bond acceptors (Lipinski definition) is 2. The second kappa shape index (κ2) is 3.89. The monoisotopic (exact) mass is 199 g/mol. The molecule has 1 atom stereocenters. The largest absolute Gasteiger partial charge is 0.374 e. The molecule has 1 N–H and O–H groups in total. The van der Waals surface area contributed by atoms with Crippen LogP contribution in [0, 0.1) is 11.3 Å². The first-order valence-corrected chi connectivity index (χ1v) is 5.29. The maximum absolute atomic E-state index is 11.7. The number of carbonyl (C=O) groups is 1. The van der Waals surface area contributed by atoms with Gasteiger partial charge in [0.1, 0.15) is 6.23 Å². The number of likely N-dealkylation sites (tertiary alicyclic amines) is 1. The van der Waals surface area contributed by atoms with Crippen molar-refractivity contribution < 1.29 is 9.90 Å². The third-order valence-electron chi connectivity index (χ3n) is 2.61. The Labute approximate surface area is 86.1 Å². The third-order valence-corrected chi connectivity index (χ3v) is 2.61. The van der Waals surface area contributed by atoms with E-state index in [1.165, 1.54) is 0 Å². The van der Waals surface area contributed by atoms with Crippen LogP contribution in [0.5, 0.6) is 0 Å². The van der Waals surface area contributed by atoms with Gasteiger partial charge in [-0.2, -0.15) is 0 Å². The molecule has 0 unspecified atom stereocenters. The van der Waals surface area contributed by atoms with E-state index in [9.17, 15) is 9.90 Å². The van der Waals surface area contributed by atoms with Gasteiger partial charge in [0.15, 0.2) is 0 Å². The van der Waals surface area contributed by atoms with Crippen LogP contribution in [-0.4, -0.2) is 28.7 Å². The molecular formula is C11H21NO2. The van der Waals surface area contributed by atoms with Gasteiger partial charge in [-0.1, -0.05) is 27.7 Å². The summed E-state index contributed by atoms with van der Waals surface area (Å²) >= 11 is 0. The average Bonchev–Trinajstić information content (AvgIpc) is 1.94. The molecule has 0 spiro atoms. The zero-order chi connectivity index (χ0) is 10.9. The fourth-order valence-corrected chi connectivity index (χ4v) is 1.97. The summed E-state index contributed by atoms with van der Waals surface area (Å²) in [5, 5.41) is 9.83. The zero-order valence-corrected chi connectivity index (χ0v) is 9.58. The molecule has 0 bridgehead atoms. The molecule has 1 fully saturated rings. The van der Waals surface area contributed by atoms with Crippen molar-refractivity contribution in [1.29, 1.82) is 0 Å². The summed E-state index contributed by atoms with van der Waals surface area (Å²) in [6.07, 6.45) is 0.649. The lowest BCUT2D eigenvalue weighted by molar-refractivity contribution is -0.155. The maximum atomic E-state index is 11.7. The fraction of sp³-hybridized carbons (Fsp3) is 0.909. The van der Waals surface area contributed by atoms with Gasteiger partial charge in [0.25, 0.3) is 0 Å². The van der Waals surface area contributed by atoms with Crippen LogP contribution in [0.3, 0.4) is 0 Å². The molecular weight excluding hydrogens is 178 g/mol. The highest BCUT2D eigenvalue weighted by Crippen LogP contribution is 2.33. The predicted molar refractivity (Wildman–Crippen MR) is 55.6 cm³/mol. The third kappa shape index (κ3) is 2.71. The van der Waals surface area contributed by atoms with Gasteiger partial charge in [-0.25, -0.2) is 0 Å². The van der Waals surface area contributed by atoms with Crippen molar-refractivity contribution in [3.63, 3.8) is 0 Å². The van der Waals surface area contributed by atoms with Crippen LogP contribution in [0.4, 0.5) is 0 Å². The average molecular weight is 199 g/mol. The van der Waals surface area contributed by atoms with Gasteiger partial charge in [-0.3, -0.25) is 4.79 Å². The van der Waals surface area contributed by atoms with Crippen LogP contribution in [0.25, 0.3) is 0 Å². The normalized spacial score (nSPS) is 27.1. The summed E-state index contributed by atoms with van der Waals surface area (Å²) in [4.78, 5) is 13.3. The van der Waals surface area contributed by atoms with E-state index >= 15 is 0 Å². The van der Waals surface area contributed by atoms with Crippen molar-refractivity contribution in [3.8, 4) is 0 Å². The highest BCUT2D eigenvalue weighted by molar-refractivity contribution is 5.78. The van der Waals surface area contributed by atoms with Crippen LogP contribution < -0.4 is 0 Å². The number of carbonyl (C=O) groups excluding carboxylic acids is 1. The molecule has 0 aromatic rings. The van der Waals surface area contributed by atoms with E-state index in [-0.39, 0.29) is 11.3 Å². The van der Waals surface area contributed by atoms with E-state index in [1.807, 2.05) is 13.8 Å². The quantitative estimate of drug-likeness (QED) is 0.734. The van der Waals surface area contributed by atoms with Gasteiger partial charge in [0, 0.05) is 13.0 Å². The van der Waals surface area contributed by atoms with E-state index in [0.29, 0.717) is 25.3 Å². The molecule has 1 amide bonds. The van der Waals surface area contributed by atoms with Crippen LogP contribution in [0.1, 0.15) is 40.5 Å². The van der Waals surface area contributed by atoms with Gasteiger partial charge in [0.2, 0.25) is 5.91 Å². The van der Waals surface area contributed by atoms with Gasteiger partial charge in [-0.05, 0) is 17.8 Å². The summed E-state index contributed by atoms with van der Waals surface area (Å²) in [7, 11) is 0. The smallest absolute Gasteiger partial charge is 0.225 e. The summed E-state index contributed by atoms with van der Waals surface area (Å²) in [5.41, 5.74) is -0.0516. The number of amides is 1. The van der Waals surface area contributed by atoms with Crippen LogP contribution in [0.15, 0.2) is 0 Å². The molecule has 3 heteroatoms. The molecule has 1 saturated heterocycles. The first-order valence-electron chi connectivity index (χ1n) is 5.29. The van der Waals surface area contributed by atoms with E-state index in [1.54, 1.807) is 4.90 Å². The molecule has 1 rings (SSSR count). The molecule has 1 aliphatic rings. The lowest BCUT2D eigenvalue weighted by atomic mass is 9.81. The number of aliphatic hydroxyl groups excluding tert-OH is 1. The molecule has 1 aliphatic heterocycles. The van der Waals surface area contributed by atoms with Crippen LogP contribution in [0.2, 0.25) is 0 Å². The van der Waals surface area contributed by atoms with Crippen LogP contribution >= 0.6 is 0 Å². The molecule has 14 heavy (non-hydrogen) atoms. The first kappa shape index (κ1) is 11.5. The SMILES string of the molecule is CC(C)CN1C(=O)CC(C)(C)C[C@H]1O. The standard InChI is InChI=1S/C11H21NO2/c1-8(2)7-12-9(13)5-11(3,4)6-10(12)14/h8-9,13H,5-7H2,1-4H3/t9-/m1/s1. The van der Waals surface area contributed by atoms with E-state index in [4.69, 9.17) is 0 Å². The molecule has 0 aliphatic carbocycles. The van der Waals surface area contributed by atoms with E-state index < -0.39 is 6.23 Å². The number of aliphatic hydroxyl groups is 1. The number of nitrogens with zero attached hydrogens (tertiary/aromatic N) is 1. The summed E-state index contributed by atoms with van der Waals surface area (Å²) in [6, 6.07) is 0. The highest BCUT2D eigenvalue weighted by Gasteiger charge is 2.37. The van der Waals surface area contributed by atoms with Crippen molar-refractivity contribution >= 4 is 5.91 Å². The second-order valence-electron chi connectivity index (χ2n) is 5.47. The fourth-order valence-electron chi connectivity index (χ4n) is 1.97. The number of hydrogen-bond donors (Lipinski definition) is 1. The molecule has 0 aromatic carbocycles. The predicted octanol–water partition coefficient (Wildman–Crippen LogP) is 1.61. The van der Waals surface area contributed by atoms with Crippen molar-refractivity contribution in [2.24, 2.45) is 11.3 Å². The number of piperidine rings is 1. The Kier molecular flexibility index (Phi) is 3.20. The minimum atomic E-state index is -0.589. The molecule has 82 valence electrons. The lowest BCUT2D eigenvalue weighted by Crippen LogP contribution is -2.50. The molecule has 0 radical (unpaired) electrons. The van der Waals surface area contributed by atoms with E-state index in [2.05, 4.69) is 13.8 Å². The molecule has 0 aromatic heterocycles. The van der Waals surface area contributed by atoms with Crippen molar-refractivity contribution in [1.82, 2.24) is 4.90 Å². The maximum Gasteiger partial charge on any atom is 0.225 e. The van der Waals surface area contributed by atoms with Crippen molar-refractivity contribution in [2.75, 3.05) is 6.54 Å². The van der Waals surface area contributed by atoms with Gasteiger partial charge < -0.3 is 10.0 Å². The second-order valence-corrected chi connectivity index (χ2v) is 5.47.